The normalized spacial score (nSPS) is 27.3. The van der Waals surface area contributed by atoms with Gasteiger partial charge in [-0.3, -0.25) is 0 Å². The van der Waals surface area contributed by atoms with Gasteiger partial charge in [0.05, 0.1) is 6.04 Å². The van der Waals surface area contributed by atoms with Crippen molar-refractivity contribution in [3.05, 3.63) is 132 Å². The molecule has 0 spiro atoms. The molecule has 5 atom stereocenters. The molecule has 0 aromatic heterocycles. The number of benzene rings is 2. The summed E-state index contributed by atoms with van der Waals surface area (Å²) in [6.07, 6.45) is 31.5. The van der Waals surface area contributed by atoms with Gasteiger partial charge in [-0.15, -0.1) is 0 Å². The summed E-state index contributed by atoms with van der Waals surface area (Å²) in [7, 11) is 0. The number of aliphatic imine (C=N–C) groups is 1. The van der Waals surface area contributed by atoms with Gasteiger partial charge < -0.3 is 14.7 Å². The summed E-state index contributed by atoms with van der Waals surface area (Å²) < 4.78 is 14.9. The molecule has 0 saturated heterocycles. The Morgan fingerprint density at radius 1 is 0.766 bits per heavy atom. The van der Waals surface area contributed by atoms with Crippen molar-refractivity contribution in [2.24, 2.45) is 10.9 Å². The van der Waals surface area contributed by atoms with Gasteiger partial charge in [0.1, 0.15) is 6.17 Å². The molecule has 47 heavy (non-hydrogen) atoms. The first-order chi connectivity index (χ1) is 23.1. The standard InChI is InChI=1S/C42H49FN4/c1-32-16-14-25-37(28-32)46(35-21-10-4-11-22-35)39-29-38(45(33-17-6-2-7-18-33)34-19-8-3-9-20-34)30-40(31-39)47(36-23-12-5-13-24-36)42-27-15-26-41(43)44-42/h2-4,6-10,12,14,17-21,23,25,28,31-32,36,38-39,42H,5,11,13,15-16,22,24,26-27,29-30H2,1H3. The summed E-state index contributed by atoms with van der Waals surface area (Å²) in [5, 5.41) is 0. The van der Waals surface area contributed by atoms with E-state index in [0.717, 1.165) is 64.2 Å². The lowest BCUT2D eigenvalue weighted by Gasteiger charge is -2.48. The SMILES string of the molecule is CC1C=C(N(C2=CC=CCC2)C2C=C(N(C3C=CCCC3)C3CCCC(F)=N3)CC(N(c3ccccc3)c3ccccc3)C2)C=CC1. The lowest BCUT2D eigenvalue weighted by molar-refractivity contribution is 0.167. The lowest BCUT2D eigenvalue weighted by Crippen LogP contribution is -2.49. The number of allylic oxidation sites excluding steroid dienone is 8. The molecule has 5 unspecified atom stereocenters. The Kier molecular flexibility index (Phi) is 9.88. The minimum Gasteiger partial charge on any atom is -0.347 e. The maximum atomic E-state index is 14.9. The summed E-state index contributed by atoms with van der Waals surface area (Å²) in [5.74, 6) is 0.298. The fraction of sp³-hybridized carbons (Fsp3) is 0.405. The number of rotatable bonds is 9. The quantitative estimate of drug-likeness (QED) is 0.258. The summed E-state index contributed by atoms with van der Waals surface area (Å²) in [6.45, 7) is 2.32. The molecule has 0 amide bonds. The van der Waals surface area contributed by atoms with Gasteiger partial charge in [0.15, 0.2) is 5.97 Å². The van der Waals surface area contributed by atoms with Crippen LogP contribution < -0.4 is 4.90 Å². The van der Waals surface area contributed by atoms with E-state index < -0.39 is 0 Å². The molecule has 1 aliphatic heterocycles. The Labute approximate surface area is 281 Å². The summed E-state index contributed by atoms with van der Waals surface area (Å²) in [5.41, 5.74) is 6.37. The summed E-state index contributed by atoms with van der Waals surface area (Å²) in [4.78, 5) is 12.4. The Hall–Kier alpha value is -4.12. The molecule has 244 valence electrons. The molecule has 4 nitrogen and oxygen atoms in total. The van der Waals surface area contributed by atoms with Gasteiger partial charge >= 0.3 is 0 Å². The molecule has 1 heterocycles. The van der Waals surface area contributed by atoms with Crippen molar-refractivity contribution in [3.8, 4) is 0 Å². The molecule has 5 aliphatic rings. The number of nitrogens with zero attached hydrogens (tertiary/aromatic N) is 4. The molecule has 4 aliphatic carbocycles. The number of hydrogen-bond acceptors (Lipinski definition) is 4. The van der Waals surface area contributed by atoms with Gasteiger partial charge in [-0.2, -0.15) is 4.39 Å². The van der Waals surface area contributed by atoms with Crippen molar-refractivity contribution in [2.45, 2.75) is 102 Å². The predicted octanol–water partition coefficient (Wildman–Crippen LogP) is 10.5. The predicted molar refractivity (Wildman–Crippen MR) is 194 cm³/mol. The third-order valence-electron chi connectivity index (χ3n) is 10.3. The average Bonchev–Trinajstić information content (AvgIpc) is 3.11. The van der Waals surface area contributed by atoms with E-state index in [4.69, 9.17) is 4.99 Å². The molecular formula is C42H49FN4. The van der Waals surface area contributed by atoms with Gasteiger partial charge in [0.25, 0.3) is 0 Å². The largest absolute Gasteiger partial charge is 0.347 e. The van der Waals surface area contributed by atoms with Gasteiger partial charge in [-0.05, 0) is 106 Å². The smallest absolute Gasteiger partial charge is 0.186 e. The van der Waals surface area contributed by atoms with Crippen LogP contribution in [0.1, 0.15) is 77.6 Å². The Morgan fingerprint density at radius 2 is 1.55 bits per heavy atom. The van der Waals surface area contributed by atoms with Crippen molar-refractivity contribution in [1.82, 2.24) is 9.80 Å². The van der Waals surface area contributed by atoms with Crippen LogP contribution in [-0.4, -0.2) is 40.1 Å². The van der Waals surface area contributed by atoms with Crippen molar-refractivity contribution in [3.63, 3.8) is 0 Å². The van der Waals surface area contributed by atoms with E-state index in [-0.39, 0.29) is 30.3 Å². The summed E-state index contributed by atoms with van der Waals surface area (Å²) >= 11 is 0. The topological polar surface area (TPSA) is 22.1 Å². The van der Waals surface area contributed by atoms with Crippen LogP contribution in [0, 0.1) is 5.92 Å². The van der Waals surface area contributed by atoms with E-state index in [1.165, 1.54) is 28.5 Å². The summed E-state index contributed by atoms with van der Waals surface area (Å²) in [6, 6.07) is 22.3. The Balaban J connectivity index is 1.38. The van der Waals surface area contributed by atoms with E-state index in [9.17, 15) is 4.39 Å². The number of para-hydroxylation sites is 2. The van der Waals surface area contributed by atoms with Crippen LogP contribution in [0.25, 0.3) is 0 Å². The minimum atomic E-state index is -0.196. The maximum absolute atomic E-state index is 14.9. The van der Waals surface area contributed by atoms with Crippen LogP contribution in [0.15, 0.2) is 137 Å². The molecule has 2 aromatic carbocycles. The molecule has 5 heteroatoms. The van der Waals surface area contributed by atoms with Gasteiger partial charge in [-0.25, -0.2) is 4.99 Å². The molecule has 0 bridgehead atoms. The zero-order chi connectivity index (χ0) is 32.0. The van der Waals surface area contributed by atoms with Crippen LogP contribution in [-0.2, 0) is 0 Å². The lowest BCUT2D eigenvalue weighted by atomic mass is 9.87. The second kappa shape index (κ2) is 14.8. The first-order valence-electron chi connectivity index (χ1n) is 17.9. The van der Waals surface area contributed by atoms with Gasteiger partial charge in [-0.1, -0.05) is 79.8 Å². The van der Waals surface area contributed by atoms with E-state index in [0.29, 0.717) is 12.3 Å². The van der Waals surface area contributed by atoms with Crippen LogP contribution in [0.5, 0.6) is 0 Å². The molecule has 2 aromatic rings. The first-order valence-corrected chi connectivity index (χ1v) is 17.9. The van der Waals surface area contributed by atoms with E-state index in [1.54, 1.807) is 0 Å². The van der Waals surface area contributed by atoms with E-state index in [1.807, 2.05) is 0 Å². The van der Waals surface area contributed by atoms with E-state index >= 15 is 0 Å². The third kappa shape index (κ3) is 7.25. The van der Waals surface area contributed by atoms with Gasteiger partial charge in [0.2, 0.25) is 0 Å². The fourth-order valence-electron chi connectivity index (χ4n) is 8.19. The Morgan fingerprint density at radius 3 is 2.21 bits per heavy atom. The highest BCUT2D eigenvalue weighted by Gasteiger charge is 2.38. The van der Waals surface area contributed by atoms with Crippen molar-refractivity contribution < 1.29 is 4.39 Å². The second-order valence-corrected chi connectivity index (χ2v) is 13.8. The van der Waals surface area contributed by atoms with Crippen molar-refractivity contribution in [1.29, 1.82) is 0 Å². The molecular weight excluding hydrogens is 579 g/mol. The molecule has 0 fully saturated rings. The highest BCUT2D eigenvalue weighted by Crippen LogP contribution is 2.41. The molecule has 7 rings (SSSR count). The third-order valence-corrected chi connectivity index (χ3v) is 10.3. The van der Waals surface area contributed by atoms with Crippen LogP contribution >= 0.6 is 0 Å². The highest BCUT2D eigenvalue weighted by molar-refractivity contribution is 5.75. The monoisotopic (exact) mass is 628 g/mol. The van der Waals surface area contributed by atoms with E-state index in [2.05, 4.69) is 137 Å². The molecule has 0 radical (unpaired) electrons. The van der Waals surface area contributed by atoms with Crippen molar-refractivity contribution >= 4 is 17.3 Å². The first kappa shape index (κ1) is 31.5. The van der Waals surface area contributed by atoms with Crippen molar-refractivity contribution in [2.75, 3.05) is 4.90 Å². The number of halogens is 1. The fourth-order valence-corrected chi connectivity index (χ4v) is 8.19. The maximum Gasteiger partial charge on any atom is 0.186 e. The zero-order valence-corrected chi connectivity index (χ0v) is 27.8. The second-order valence-electron chi connectivity index (χ2n) is 13.8. The van der Waals surface area contributed by atoms with Crippen LogP contribution in [0.2, 0.25) is 0 Å². The zero-order valence-electron chi connectivity index (χ0n) is 27.8. The van der Waals surface area contributed by atoms with Gasteiger partial charge in [0, 0.05) is 53.4 Å². The van der Waals surface area contributed by atoms with Crippen LogP contribution in [0.3, 0.4) is 0 Å². The average molecular weight is 629 g/mol. The minimum absolute atomic E-state index is 0.130. The number of hydrogen-bond donors (Lipinski definition) is 0. The molecule has 0 N–H and O–H groups in total. The highest BCUT2D eigenvalue weighted by atomic mass is 19.1. The molecule has 0 saturated carbocycles. The Bertz CT molecular complexity index is 1540. The number of anilines is 2. The van der Waals surface area contributed by atoms with Crippen LogP contribution in [0.4, 0.5) is 15.8 Å².